The smallest absolute Gasteiger partial charge is 0.0491 e. The fraction of sp³-hybridized carbons (Fsp3) is 0.538. The van der Waals surface area contributed by atoms with Crippen LogP contribution in [-0.2, 0) is 11.2 Å². The molecule has 16 heavy (non-hydrogen) atoms. The van der Waals surface area contributed by atoms with Crippen molar-refractivity contribution in [1.29, 1.82) is 0 Å². The second-order valence-corrected chi connectivity index (χ2v) is 5.08. The molecule has 2 unspecified atom stereocenters. The number of hydrogen-bond donors (Lipinski definition) is 1. The molecule has 0 aliphatic carbocycles. The lowest BCUT2D eigenvalue weighted by Crippen LogP contribution is -2.26. The van der Waals surface area contributed by atoms with E-state index in [0.29, 0.717) is 18.4 Å². The maximum absolute atomic E-state index is 5.83. The first kappa shape index (κ1) is 13.7. The molecule has 0 aliphatic rings. The van der Waals surface area contributed by atoms with E-state index in [-0.39, 0.29) is 0 Å². The van der Waals surface area contributed by atoms with Gasteiger partial charge in [-0.2, -0.15) is 0 Å². The summed E-state index contributed by atoms with van der Waals surface area (Å²) >= 11 is 3.57. The highest BCUT2D eigenvalue weighted by atomic mass is 79.9. The topological polar surface area (TPSA) is 35.2 Å². The lowest BCUT2D eigenvalue weighted by molar-refractivity contribution is 0.131. The molecule has 1 rings (SSSR count). The molecule has 1 aromatic carbocycles. The van der Waals surface area contributed by atoms with Crippen LogP contribution in [0.1, 0.15) is 12.5 Å². The van der Waals surface area contributed by atoms with Gasteiger partial charge in [0, 0.05) is 18.2 Å². The maximum atomic E-state index is 5.83. The third-order valence-corrected chi connectivity index (χ3v) is 3.75. The lowest BCUT2D eigenvalue weighted by Gasteiger charge is -2.22. The van der Waals surface area contributed by atoms with Crippen LogP contribution in [0.3, 0.4) is 0 Å². The summed E-state index contributed by atoms with van der Waals surface area (Å²) in [6.45, 7) is 3.66. The second-order valence-electron chi connectivity index (χ2n) is 4.22. The summed E-state index contributed by atoms with van der Waals surface area (Å²) in [6.07, 6.45) is 1.00. The second kappa shape index (κ2) is 7.05. The van der Waals surface area contributed by atoms with Gasteiger partial charge < -0.3 is 10.5 Å². The van der Waals surface area contributed by atoms with Crippen molar-refractivity contribution in [3.63, 3.8) is 0 Å². The molecule has 3 heteroatoms. The van der Waals surface area contributed by atoms with Gasteiger partial charge >= 0.3 is 0 Å². The van der Waals surface area contributed by atoms with Gasteiger partial charge in [0.25, 0.3) is 0 Å². The number of benzene rings is 1. The summed E-state index contributed by atoms with van der Waals surface area (Å²) in [7, 11) is 1.74. The summed E-state index contributed by atoms with van der Waals surface area (Å²) in [5.74, 6) is 0.959. The molecule has 0 saturated heterocycles. The van der Waals surface area contributed by atoms with Gasteiger partial charge in [0.2, 0.25) is 0 Å². The molecule has 0 saturated carbocycles. The van der Waals surface area contributed by atoms with Crippen LogP contribution in [0.2, 0.25) is 0 Å². The number of hydrogen-bond acceptors (Lipinski definition) is 2. The fourth-order valence-electron chi connectivity index (χ4n) is 1.86. The summed E-state index contributed by atoms with van der Waals surface area (Å²) in [5.41, 5.74) is 7.15. The molecular weight excluding hydrogens is 266 g/mol. The van der Waals surface area contributed by atoms with Crippen molar-refractivity contribution in [2.75, 3.05) is 20.3 Å². The third kappa shape index (κ3) is 3.89. The Hall–Kier alpha value is -0.380. The minimum absolute atomic E-state index is 0.471. The van der Waals surface area contributed by atoms with Crippen molar-refractivity contribution in [3.8, 4) is 0 Å². The van der Waals surface area contributed by atoms with Gasteiger partial charge in [-0.1, -0.05) is 41.1 Å². The normalized spacial score (nSPS) is 14.8. The van der Waals surface area contributed by atoms with Crippen molar-refractivity contribution in [2.45, 2.75) is 13.3 Å². The van der Waals surface area contributed by atoms with Gasteiger partial charge in [0.1, 0.15) is 0 Å². The van der Waals surface area contributed by atoms with Gasteiger partial charge in [-0.05, 0) is 36.4 Å². The molecule has 0 bridgehead atoms. The van der Waals surface area contributed by atoms with E-state index in [2.05, 4.69) is 41.1 Å². The van der Waals surface area contributed by atoms with Crippen LogP contribution < -0.4 is 5.73 Å². The first-order valence-electron chi connectivity index (χ1n) is 5.61. The van der Waals surface area contributed by atoms with Gasteiger partial charge in [0.05, 0.1) is 0 Å². The number of nitrogens with two attached hydrogens (primary N) is 1. The maximum Gasteiger partial charge on any atom is 0.0491 e. The van der Waals surface area contributed by atoms with Gasteiger partial charge in [-0.25, -0.2) is 0 Å². The summed E-state index contributed by atoms with van der Waals surface area (Å²) in [5, 5.41) is 0. The Labute approximate surface area is 106 Å². The van der Waals surface area contributed by atoms with Crippen LogP contribution >= 0.6 is 15.9 Å². The average molecular weight is 286 g/mol. The molecular formula is C13H20BrNO. The van der Waals surface area contributed by atoms with E-state index in [4.69, 9.17) is 10.5 Å². The highest BCUT2D eigenvalue weighted by Crippen LogP contribution is 2.22. The molecule has 1 aromatic rings. The van der Waals surface area contributed by atoms with Crippen molar-refractivity contribution >= 4 is 15.9 Å². The monoisotopic (exact) mass is 285 g/mol. The molecule has 0 aliphatic heterocycles. The van der Waals surface area contributed by atoms with Crippen molar-refractivity contribution in [3.05, 3.63) is 34.3 Å². The Kier molecular flexibility index (Phi) is 6.03. The van der Waals surface area contributed by atoms with Crippen molar-refractivity contribution < 1.29 is 4.74 Å². The summed E-state index contributed by atoms with van der Waals surface area (Å²) in [6, 6.07) is 8.31. The van der Waals surface area contributed by atoms with Crippen molar-refractivity contribution in [2.24, 2.45) is 17.6 Å². The molecule has 2 N–H and O–H groups in total. The standard InChI is InChI=1S/C13H20BrNO/c1-10(9-16-2)12(8-15)7-11-5-3-4-6-13(11)14/h3-6,10,12H,7-9,15H2,1-2H3. The SMILES string of the molecule is COCC(C)C(CN)Cc1ccccc1Br. The van der Waals surface area contributed by atoms with Crippen LogP contribution in [0.15, 0.2) is 28.7 Å². The molecule has 2 nitrogen and oxygen atoms in total. The van der Waals surface area contributed by atoms with Crippen LogP contribution in [0.5, 0.6) is 0 Å². The first-order chi connectivity index (χ1) is 7.69. The molecule has 0 heterocycles. The van der Waals surface area contributed by atoms with E-state index in [1.807, 2.05) is 6.07 Å². The average Bonchev–Trinajstić information content (AvgIpc) is 2.28. The molecule has 0 spiro atoms. The Morgan fingerprint density at radius 2 is 2.06 bits per heavy atom. The van der Waals surface area contributed by atoms with E-state index < -0.39 is 0 Å². The number of halogens is 1. The predicted octanol–water partition coefficient (Wildman–Crippen LogP) is 2.85. The molecule has 90 valence electrons. The van der Waals surface area contributed by atoms with Gasteiger partial charge in [-0.15, -0.1) is 0 Å². The molecule has 0 aromatic heterocycles. The zero-order valence-corrected chi connectivity index (χ0v) is 11.5. The third-order valence-electron chi connectivity index (χ3n) is 2.98. The Morgan fingerprint density at radius 3 is 2.62 bits per heavy atom. The Bertz CT molecular complexity index is 317. The molecule has 0 fully saturated rings. The summed E-state index contributed by atoms with van der Waals surface area (Å²) < 4.78 is 6.35. The van der Waals surface area contributed by atoms with Crippen LogP contribution in [-0.4, -0.2) is 20.3 Å². The zero-order valence-electron chi connectivity index (χ0n) is 9.95. The highest BCUT2D eigenvalue weighted by molar-refractivity contribution is 9.10. The van der Waals surface area contributed by atoms with E-state index in [1.54, 1.807) is 7.11 Å². The Balaban J connectivity index is 2.66. The first-order valence-corrected chi connectivity index (χ1v) is 6.40. The van der Waals surface area contributed by atoms with Gasteiger partial charge in [0.15, 0.2) is 0 Å². The minimum atomic E-state index is 0.471. The lowest BCUT2D eigenvalue weighted by atomic mass is 9.88. The van der Waals surface area contributed by atoms with E-state index in [9.17, 15) is 0 Å². The predicted molar refractivity (Wildman–Crippen MR) is 71.4 cm³/mol. The molecule has 0 radical (unpaired) electrons. The van der Waals surface area contributed by atoms with Crippen LogP contribution in [0, 0.1) is 11.8 Å². The quantitative estimate of drug-likeness (QED) is 0.872. The number of methoxy groups -OCH3 is 1. The van der Waals surface area contributed by atoms with E-state index in [1.165, 1.54) is 5.56 Å². The summed E-state index contributed by atoms with van der Waals surface area (Å²) in [4.78, 5) is 0. The zero-order chi connectivity index (χ0) is 12.0. The fourth-order valence-corrected chi connectivity index (χ4v) is 2.31. The number of ether oxygens (including phenoxy) is 1. The van der Waals surface area contributed by atoms with Crippen LogP contribution in [0.25, 0.3) is 0 Å². The minimum Gasteiger partial charge on any atom is -0.384 e. The van der Waals surface area contributed by atoms with Crippen LogP contribution in [0.4, 0.5) is 0 Å². The molecule has 2 atom stereocenters. The number of rotatable bonds is 6. The highest BCUT2D eigenvalue weighted by Gasteiger charge is 2.17. The largest absolute Gasteiger partial charge is 0.384 e. The van der Waals surface area contributed by atoms with Gasteiger partial charge in [-0.3, -0.25) is 0 Å². The van der Waals surface area contributed by atoms with Crippen molar-refractivity contribution in [1.82, 2.24) is 0 Å². The Morgan fingerprint density at radius 1 is 1.38 bits per heavy atom. The van der Waals surface area contributed by atoms with E-state index in [0.717, 1.165) is 17.5 Å². The van der Waals surface area contributed by atoms with E-state index >= 15 is 0 Å². The molecule has 0 amide bonds.